The second-order valence-corrected chi connectivity index (χ2v) is 4.70. The summed E-state index contributed by atoms with van der Waals surface area (Å²) in [6.07, 6.45) is 2.40. The maximum Gasteiger partial charge on any atom is 0.282 e. The second kappa shape index (κ2) is 5.32. The van der Waals surface area contributed by atoms with Crippen LogP contribution in [0.15, 0.2) is 30.5 Å². The van der Waals surface area contributed by atoms with E-state index in [0.29, 0.717) is 16.5 Å². The SMILES string of the molecule is CCC(c1ccc2ncccc2c1[N+](=O)[O-])C(C)N. The molecule has 19 heavy (non-hydrogen) atoms. The molecule has 0 aliphatic carbocycles. The molecule has 100 valence electrons. The fourth-order valence-corrected chi connectivity index (χ4v) is 2.53. The summed E-state index contributed by atoms with van der Waals surface area (Å²) in [6.45, 7) is 3.87. The number of nitrogens with two attached hydrogens (primary N) is 1. The molecule has 0 aliphatic rings. The van der Waals surface area contributed by atoms with Gasteiger partial charge in [0.1, 0.15) is 0 Å². The Morgan fingerprint density at radius 2 is 2.16 bits per heavy atom. The number of nitro benzene ring substituents is 1. The van der Waals surface area contributed by atoms with Gasteiger partial charge in [0.2, 0.25) is 0 Å². The molecule has 2 N–H and O–H groups in total. The molecule has 0 saturated heterocycles. The van der Waals surface area contributed by atoms with Crippen LogP contribution < -0.4 is 5.73 Å². The first-order valence-electron chi connectivity index (χ1n) is 6.33. The van der Waals surface area contributed by atoms with Crippen molar-refractivity contribution in [2.24, 2.45) is 5.73 Å². The quantitative estimate of drug-likeness (QED) is 0.676. The largest absolute Gasteiger partial charge is 0.327 e. The lowest BCUT2D eigenvalue weighted by Crippen LogP contribution is -2.25. The van der Waals surface area contributed by atoms with Crippen LogP contribution in [0.4, 0.5) is 5.69 Å². The van der Waals surface area contributed by atoms with Gasteiger partial charge in [-0.1, -0.05) is 6.92 Å². The van der Waals surface area contributed by atoms with E-state index in [1.54, 1.807) is 24.4 Å². The first-order valence-corrected chi connectivity index (χ1v) is 6.33. The third kappa shape index (κ3) is 2.42. The highest BCUT2D eigenvalue weighted by Crippen LogP contribution is 2.35. The predicted molar refractivity (Wildman–Crippen MR) is 75.1 cm³/mol. The lowest BCUT2D eigenvalue weighted by Gasteiger charge is -2.19. The summed E-state index contributed by atoms with van der Waals surface area (Å²) in [5.41, 5.74) is 7.42. The minimum Gasteiger partial charge on any atom is -0.327 e. The Kier molecular flexibility index (Phi) is 3.76. The molecule has 0 spiro atoms. The van der Waals surface area contributed by atoms with E-state index in [0.717, 1.165) is 6.42 Å². The standard InChI is InChI=1S/C14H17N3O2/c1-3-10(9(2)15)11-6-7-13-12(5-4-8-16-13)14(11)17(18)19/h4-10H,3,15H2,1-2H3. The minimum absolute atomic E-state index is 0.0231. The zero-order chi connectivity index (χ0) is 14.0. The Balaban J connectivity index is 2.74. The van der Waals surface area contributed by atoms with Crippen molar-refractivity contribution in [3.8, 4) is 0 Å². The van der Waals surface area contributed by atoms with E-state index in [2.05, 4.69) is 4.98 Å². The second-order valence-electron chi connectivity index (χ2n) is 4.70. The van der Waals surface area contributed by atoms with Gasteiger partial charge in [-0.2, -0.15) is 0 Å². The number of hydrogen-bond acceptors (Lipinski definition) is 4. The van der Waals surface area contributed by atoms with Crippen molar-refractivity contribution in [1.82, 2.24) is 4.98 Å². The highest BCUT2D eigenvalue weighted by atomic mass is 16.6. The van der Waals surface area contributed by atoms with Crippen LogP contribution in [0.1, 0.15) is 31.7 Å². The van der Waals surface area contributed by atoms with Gasteiger partial charge in [-0.15, -0.1) is 0 Å². The van der Waals surface area contributed by atoms with Crippen LogP contribution in [-0.4, -0.2) is 15.9 Å². The summed E-state index contributed by atoms with van der Waals surface area (Å²) in [5, 5.41) is 12.0. The number of pyridine rings is 1. The van der Waals surface area contributed by atoms with E-state index in [1.165, 1.54) is 0 Å². The lowest BCUT2D eigenvalue weighted by atomic mass is 9.88. The van der Waals surface area contributed by atoms with Gasteiger partial charge >= 0.3 is 0 Å². The van der Waals surface area contributed by atoms with Crippen LogP contribution in [0.5, 0.6) is 0 Å². The van der Waals surface area contributed by atoms with Gasteiger partial charge in [0.25, 0.3) is 5.69 Å². The first kappa shape index (κ1) is 13.4. The van der Waals surface area contributed by atoms with Crippen molar-refractivity contribution in [1.29, 1.82) is 0 Å². The van der Waals surface area contributed by atoms with Crippen molar-refractivity contribution >= 4 is 16.6 Å². The molecule has 5 nitrogen and oxygen atoms in total. The molecule has 2 atom stereocenters. The molecular formula is C14H17N3O2. The van der Waals surface area contributed by atoms with E-state index in [4.69, 9.17) is 5.73 Å². The molecule has 0 amide bonds. The van der Waals surface area contributed by atoms with Gasteiger partial charge in [0.15, 0.2) is 0 Å². The maximum atomic E-state index is 11.4. The number of rotatable bonds is 4. The van der Waals surface area contributed by atoms with Crippen LogP contribution in [0.3, 0.4) is 0 Å². The maximum absolute atomic E-state index is 11.4. The fourth-order valence-electron chi connectivity index (χ4n) is 2.53. The molecule has 0 bridgehead atoms. The molecule has 2 rings (SSSR count). The van der Waals surface area contributed by atoms with Crippen molar-refractivity contribution in [3.05, 3.63) is 46.1 Å². The van der Waals surface area contributed by atoms with E-state index >= 15 is 0 Å². The molecule has 1 heterocycles. The van der Waals surface area contributed by atoms with Crippen molar-refractivity contribution in [2.75, 3.05) is 0 Å². The summed E-state index contributed by atoms with van der Waals surface area (Å²) >= 11 is 0. The van der Waals surface area contributed by atoms with Crippen molar-refractivity contribution < 1.29 is 4.92 Å². The first-order chi connectivity index (χ1) is 9.06. The fraction of sp³-hybridized carbons (Fsp3) is 0.357. The van der Waals surface area contributed by atoms with Crippen LogP contribution in [0.2, 0.25) is 0 Å². The van der Waals surface area contributed by atoms with Crippen LogP contribution >= 0.6 is 0 Å². The van der Waals surface area contributed by atoms with Crippen LogP contribution in [0.25, 0.3) is 10.9 Å². The summed E-state index contributed by atoms with van der Waals surface area (Å²) in [6, 6.07) is 6.93. The Bertz CT molecular complexity index is 611. The highest BCUT2D eigenvalue weighted by molar-refractivity contribution is 5.89. The number of aromatic nitrogens is 1. The van der Waals surface area contributed by atoms with E-state index in [9.17, 15) is 10.1 Å². The van der Waals surface area contributed by atoms with Gasteiger partial charge < -0.3 is 5.73 Å². The van der Waals surface area contributed by atoms with Crippen molar-refractivity contribution in [2.45, 2.75) is 32.2 Å². The summed E-state index contributed by atoms with van der Waals surface area (Å²) in [5.74, 6) is -0.0231. The van der Waals surface area contributed by atoms with Crippen molar-refractivity contribution in [3.63, 3.8) is 0 Å². The number of hydrogen-bond donors (Lipinski definition) is 1. The zero-order valence-electron chi connectivity index (χ0n) is 11.0. The molecule has 1 aromatic heterocycles. The summed E-state index contributed by atoms with van der Waals surface area (Å²) in [7, 11) is 0. The van der Waals surface area contributed by atoms with E-state index in [-0.39, 0.29) is 22.6 Å². The lowest BCUT2D eigenvalue weighted by molar-refractivity contribution is -0.384. The molecular weight excluding hydrogens is 242 g/mol. The Morgan fingerprint density at radius 3 is 2.74 bits per heavy atom. The van der Waals surface area contributed by atoms with Crippen LogP contribution in [-0.2, 0) is 0 Å². The average Bonchev–Trinajstić information content (AvgIpc) is 2.38. The minimum atomic E-state index is -0.329. The van der Waals surface area contributed by atoms with Crippen LogP contribution in [0, 0.1) is 10.1 Å². The molecule has 2 aromatic rings. The Morgan fingerprint density at radius 1 is 1.42 bits per heavy atom. The number of nitro groups is 1. The van der Waals surface area contributed by atoms with Gasteiger partial charge in [-0.05, 0) is 37.6 Å². The molecule has 5 heteroatoms. The van der Waals surface area contributed by atoms with E-state index in [1.807, 2.05) is 19.9 Å². The Hall–Kier alpha value is -2.01. The van der Waals surface area contributed by atoms with E-state index < -0.39 is 0 Å². The topological polar surface area (TPSA) is 82.0 Å². The van der Waals surface area contributed by atoms with Gasteiger partial charge in [-0.25, -0.2) is 0 Å². The molecule has 0 saturated carbocycles. The molecule has 2 unspecified atom stereocenters. The molecule has 0 radical (unpaired) electrons. The predicted octanol–water partition coefficient (Wildman–Crippen LogP) is 2.98. The van der Waals surface area contributed by atoms with Gasteiger partial charge in [0.05, 0.1) is 15.8 Å². The summed E-state index contributed by atoms with van der Waals surface area (Å²) in [4.78, 5) is 15.2. The summed E-state index contributed by atoms with van der Waals surface area (Å²) < 4.78 is 0. The number of benzene rings is 1. The average molecular weight is 259 g/mol. The molecule has 1 aromatic carbocycles. The smallest absolute Gasteiger partial charge is 0.282 e. The number of fused-ring (bicyclic) bond motifs is 1. The Labute approximate surface area is 111 Å². The monoisotopic (exact) mass is 259 g/mol. The van der Waals surface area contributed by atoms with Gasteiger partial charge in [-0.3, -0.25) is 15.1 Å². The third-order valence-corrected chi connectivity index (χ3v) is 3.44. The highest BCUT2D eigenvalue weighted by Gasteiger charge is 2.26. The third-order valence-electron chi connectivity index (χ3n) is 3.44. The number of nitrogens with zero attached hydrogens (tertiary/aromatic N) is 2. The zero-order valence-corrected chi connectivity index (χ0v) is 11.0. The molecule has 0 aliphatic heterocycles. The molecule has 0 fully saturated rings. The van der Waals surface area contributed by atoms with Gasteiger partial charge in [0, 0.05) is 23.7 Å². The normalized spacial score (nSPS) is 14.3.